The van der Waals surface area contributed by atoms with Crippen LogP contribution in [0.5, 0.6) is 11.5 Å². The zero-order chi connectivity index (χ0) is 25.2. The fourth-order valence-corrected chi connectivity index (χ4v) is 7.55. The van der Waals surface area contributed by atoms with Crippen LogP contribution in [0.4, 0.5) is 0 Å². The van der Waals surface area contributed by atoms with Crippen molar-refractivity contribution in [3.8, 4) is 11.5 Å². The first-order chi connectivity index (χ1) is 17.3. The number of ether oxygens (including phenoxy) is 1. The van der Waals surface area contributed by atoms with Gasteiger partial charge in [-0.15, -0.1) is 6.58 Å². The molecule has 2 aromatic rings. The summed E-state index contributed by atoms with van der Waals surface area (Å²) in [6.45, 7) is 7.51. The van der Waals surface area contributed by atoms with Gasteiger partial charge in [0.2, 0.25) is 5.91 Å². The number of hydrogen-bond acceptors (Lipinski definition) is 5. The second-order valence-corrected chi connectivity index (χ2v) is 11.0. The van der Waals surface area contributed by atoms with E-state index in [1.54, 1.807) is 17.0 Å². The molecule has 2 aliphatic carbocycles. The zero-order valence-corrected chi connectivity index (χ0v) is 21.0. The number of aromatic hydroxyl groups is 1. The number of carbonyl (C=O) groups is 1. The first-order valence-corrected chi connectivity index (χ1v) is 12.9. The number of phenols is 1. The Balaban J connectivity index is 1.35. The molecule has 2 fully saturated rings. The van der Waals surface area contributed by atoms with Crippen LogP contribution in [-0.2, 0) is 16.6 Å². The molecule has 188 valence electrons. The van der Waals surface area contributed by atoms with Crippen LogP contribution in [0.25, 0.3) is 6.08 Å². The fourth-order valence-electron chi connectivity index (χ4n) is 7.55. The Morgan fingerprint density at radius 3 is 2.94 bits per heavy atom. The van der Waals surface area contributed by atoms with Gasteiger partial charge in [-0.05, 0) is 56.0 Å². The van der Waals surface area contributed by atoms with Gasteiger partial charge >= 0.3 is 0 Å². The van der Waals surface area contributed by atoms with Crippen molar-refractivity contribution in [3.05, 3.63) is 77.4 Å². The summed E-state index contributed by atoms with van der Waals surface area (Å²) in [7, 11) is 1.82. The number of benzene rings is 2. The lowest BCUT2D eigenvalue weighted by molar-refractivity contribution is -0.196. The summed E-state index contributed by atoms with van der Waals surface area (Å²) in [4.78, 5) is 17.3. The lowest BCUT2D eigenvalue weighted by Crippen LogP contribution is -2.77. The Hall–Kier alpha value is -3.09. The topological polar surface area (TPSA) is 73.2 Å². The van der Waals surface area contributed by atoms with E-state index in [4.69, 9.17) is 4.74 Å². The quantitative estimate of drug-likeness (QED) is 0.499. The van der Waals surface area contributed by atoms with E-state index in [9.17, 15) is 15.0 Å². The number of aliphatic hydroxyl groups is 1. The van der Waals surface area contributed by atoms with Gasteiger partial charge in [0.25, 0.3) is 0 Å². The third-order valence-corrected chi connectivity index (χ3v) is 9.20. The van der Waals surface area contributed by atoms with Crippen molar-refractivity contribution in [2.75, 3.05) is 20.1 Å². The predicted molar refractivity (Wildman–Crippen MR) is 139 cm³/mol. The number of rotatable bonds is 5. The normalized spacial score (nSPS) is 32.1. The molecule has 1 saturated heterocycles. The molecular weight excluding hydrogens is 452 g/mol. The van der Waals surface area contributed by atoms with Crippen molar-refractivity contribution in [1.82, 2.24) is 9.80 Å². The molecule has 2 unspecified atom stereocenters. The van der Waals surface area contributed by atoms with Crippen molar-refractivity contribution in [3.63, 3.8) is 0 Å². The molecule has 6 nitrogen and oxygen atoms in total. The highest BCUT2D eigenvalue weighted by atomic mass is 16.5. The monoisotopic (exact) mass is 486 g/mol. The van der Waals surface area contributed by atoms with E-state index in [1.165, 1.54) is 0 Å². The summed E-state index contributed by atoms with van der Waals surface area (Å²) in [5, 5.41) is 23.3. The molecular formula is C30H34N2O4. The molecule has 0 aromatic heterocycles. The molecule has 5 atom stereocenters. The highest BCUT2D eigenvalue weighted by Gasteiger charge is 2.72. The van der Waals surface area contributed by atoms with Crippen molar-refractivity contribution >= 4 is 12.0 Å². The van der Waals surface area contributed by atoms with E-state index >= 15 is 0 Å². The minimum atomic E-state index is -1.08. The molecule has 6 heteroatoms. The number of likely N-dealkylation sites (N-methyl/N-ethyl adjacent to an activating group) is 1. The van der Waals surface area contributed by atoms with E-state index in [1.807, 2.05) is 56.5 Å². The predicted octanol–water partition coefficient (Wildman–Crippen LogP) is 3.58. The summed E-state index contributed by atoms with van der Waals surface area (Å²) < 4.78 is 6.47. The molecule has 1 saturated carbocycles. The third-order valence-electron chi connectivity index (χ3n) is 9.20. The Bertz CT molecular complexity index is 1270. The van der Waals surface area contributed by atoms with E-state index in [0.29, 0.717) is 31.6 Å². The SMILES string of the molecule is C=CCN1CC[C@]23c4c5ccc(O)c4OC2CC(N(C)C(=O)/C=C/c2cccc(C)c2)C[C@@]3(O)[C@H]1C5. The molecule has 0 radical (unpaired) electrons. The molecule has 2 heterocycles. The summed E-state index contributed by atoms with van der Waals surface area (Å²) in [6.07, 6.45) is 7.58. The molecule has 2 aliphatic heterocycles. The smallest absolute Gasteiger partial charge is 0.246 e. The lowest BCUT2D eigenvalue weighted by Gasteiger charge is -2.64. The van der Waals surface area contributed by atoms with Crippen molar-refractivity contribution in [1.29, 1.82) is 0 Å². The Morgan fingerprint density at radius 2 is 2.17 bits per heavy atom. The first kappa shape index (κ1) is 23.3. The Labute approximate surface area is 212 Å². The van der Waals surface area contributed by atoms with Gasteiger partial charge in [-0.3, -0.25) is 9.69 Å². The van der Waals surface area contributed by atoms with Crippen LogP contribution in [-0.4, -0.2) is 69.8 Å². The Morgan fingerprint density at radius 1 is 1.33 bits per heavy atom. The highest BCUT2D eigenvalue weighted by molar-refractivity contribution is 5.91. The minimum absolute atomic E-state index is 0.0935. The van der Waals surface area contributed by atoms with Crippen LogP contribution >= 0.6 is 0 Å². The van der Waals surface area contributed by atoms with Crippen molar-refractivity contribution < 1.29 is 19.7 Å². The summed E-state index contributed by atoms with van der Waals surface area (Å²) >= 11 is 0. The van der Waals surface area contributed by atoms with E-state index in [-0.39, 0.29) is 29.8 Å². The number of aryl methyl sites for hydroxylation is 1. The highest BCUT2D eigenvalue weighted by Crippen LogP contribution is 2.65. The van der Waals surface area contributed by atoms with Crippen LogP contribution in [0, 0.1) is 6.92 Å². The molecule has 1 amide bonds. The molecule has 2 N–H and O–H groups in total. The second-order valence-electron chi connectivity index (χ2n) is 11.0. The van der Waals surface area contributed by atoms with Crippen LogP contribution < -0.4 is 4.74 Å². The van der Waals surface area contributed by atoms with Gasteiger partial charge in [0.15, 0.2) is 11.5 Å². The molecule has 1 spiro atoms. The third kappa shape index (κ3) is 3.14. The zero-order valence-electron chi connectivity index (χ0n) is 21.0. The molecule has 2 aromatic carbocycles. The molecule has 2 bridgehead atoms. The van der Waals surface area contributed by atoms with Crippen LogP contribution in [0.15, 0.2) is 55.1 Å². The summed E-state index contributed by atoms with van der Waals surface area (Å²) in [6, 6.07) is 11.4. The van der Waals surface area contributed by atoms with Gasteiger partial charge in [-0.25, -0.2) is 0 Å². The van der Waals surface area contributed by atoms with Gasteiger partial charge in [0, 0.05) is 43.7 Å². The summed E-state index contributed by atoms with van der Waals surface area (Å²) in [5.74, 6) is 0.568. The first-order valence-electron chi connectivity index (χ1n) is 12.9. The van der Waals surface area contributed by atoms with Gasteiger partial charge < -0.3 is 19.8 Å². The molecule has 4 aliphatic rings. The van der Waals surface area contributed by atoms with Crippen LogP contribution in [0.3, 0.4) is 0 Å². The van der Waals surface area contributed by atoms with Gasteiger partial charge in [-0.1, -0.05) is 42.0 Å². The number of nitrogens with zero attached hydrogens (tertiary/aromatic N) is 2. The van der Waals surface area contributed by atoms with Crippen LogP contribution in [0.1, 0.15) is 41.5 Å². The number of amides is 1. The maximum Gasteiger partial charge on any atom is 0.246 e. The van der Waals surface area contributed by atoms with E-state index < -0.39 is 11.0 Å². The summed E-state index contributed by atoms with van der Waals surface area (Å²) in [5.41, 5.74) is 2.62. The van der Waals surface area contributed by atoms with Crippen LogP contribution in [0.2, 0.25) is 0 Å². The Kier molecular flexibility index (Phi) is 5.32. The maximum atomic E-state index is 13.2. The number of likely N-dealkylation sites (tertiary alicyclic amines) is 1. The number of hydrogen-bond donors (Lipinski definition) is 2. The second kappa shape index (κ2) is 8.22. The largest absolute Gasteiger partial charge is 0.504 e. The maximum absolute atomic E-state index is 13.2. The average Bonchev–Trinajstić information content (AvgIpc) is 3.19. The number of carbonyl (C=O) groups excluding carboxylic acids is 1. The molecule has 6 rings (SSSR count). The van der Waals surface area contributed by atoms with Gasteiger partial charge in [0.1, 0.15) is 6.10 Å². The van der Waals surface area contributed by atoms with Gasteiger partial charge in [0.05, 0.1) is 11.0 Å². The van der Waals surface area contributed by atoms with E-state index in [2.05, 4.69) is 11.5 Å². The minimum Gasteiger partial charge on any atom is -0.504 e. The van der Waals surface area contributed by atoms with Gasteiger partial charge in [-0.2, -0.15) is 0 Å². The standard InChI is InChI=1S/C30H34N2O4/c1-4-13-32-14-12-29-25-17-22(31(3)26(34)11-8-20-7-5-6-19(2)15-20)18-30(29,35)24(32)16-21-9-10-23(33)28(36-25)27(21)29/h4-11,15,22,24-25,33,35H,1,12-14,16-18H2,2-3H3/b11-8+/t22?,24-,25?,29-,30-/m1/s1. The number of phenolic OH excluding ortho intramolecular Hbond substituents is 1. The lowest BCUT2D eigenvalue weighted by atomic mass is 9.48. The van der Waals surface area contributed by atoms with Crippen molar-refractivity contribution in [2.45, 2.75) is 61.8 Å². The number of piperidine rings is 1. The molecule has 36 heavy (non-hydrogen) atoms. The fraction of sp³-hybridized carbons (Fsp3) is 0.433. The van der Waals surface area contributed by atoms with E-state index in [0.717, 1.165) is 35.2 Å². The van der Waals surface area contributed by atoms with Crippen molar-refractivity contribution in [2.24, 2.45) is 0 Å². The average molecular weight is 487 g/mol.